The summed E-state index contributed by atoms with van der Waals surface area (Å²) in [6.45, 7) is 3.24. The van der Waals surface area contributed by atoms with E-state index in [1.165, 1.54) is 45.4 Å². The Kier molecular flexibility index (Phi) is 11.3. The van der Waals surface area contributed by atoms with Crippen molar-refractivity contribution in [3.8, 4) is 34.8 Å². The average Bonchev–Trinajstić information content (AvgIpc) is 3.04. The van der Waals surface area contributed by atoms with Crippen LogP contribution in [-0.4, -0.2) is 106 Å². The highest BCUT2D eigenvalue weighted by molar-refractivity contribution is 7.86. The minimum atomic E-state index is -4.95. The van der Waals surface area contributed by atoms with Crippen LogP contribution >= 0.6 is 0 Å². The molecule has 0 radical (unpaired) electrons. The molecule has 49 heavy (non-hydrogen) atoms. The van der Waals surface area contributed by atoms with Gasteiger partial charge in [-0.15, -0.1) is 0 Å². The summed E-state index contributed by atoms with van der Waals surface area (Å²) in [6, 6.07) is 5.90. The lowest BCUT2D eigenvalue weighted by Gasteiger charge is -2.13. The van der Waals surface area contributed by atoms with Crippen LogP contribution in [0.3, 0.4) is 0 Å². The van der Waals surface area contributed by atoms with Gasteiger partial charge in [-0.1, -0.05) is 24.3 Å². The number of hydrogen-bond donors (Lipinski definition) is 7. The highest BCUT2D eigenvalue weighted by Gasteiger charge is 2.22. The second kappa shape index (κ2) is 15.0. The minimum absolute atomic E-state index is 0.00254. The summed E-state index contributed by atoms with van der Waals surface area (Å²) in [6.07, 6.45) is 0.819. The molecule has 19 nitrogen and oxygen atoms in total. The van der Waals surface area contributed by atoms with E-state index in [0.29, 0.717) is 0 Å². The average molecular weight is 720 g/mol. The number of aliphatic hydroxyl groups is 2. The third-order valence-electron chi connectivity index (χ3n) is 6.40. The van der Waals surface area contributed by atoms with E-state index in [1.807, 2.05) is 0 Å². The molecular formula is C28H33N9O10S2. The normalized spacial score (nSPS) is 13.2. The number of nitrogens with two attached hydrogens (primary N) is 1. The van der Waals surface area contributed by atoms with Crippen molar-refractivity contribution in [2.24, 2.45) is 0 Å². The van der Waals surface area contributed by atoms with E-state index >= 15 is 0 Å². The topological polar surface area (TPSA) is 295 Å². The molecule has 262 valence electrons. The van der Waals surface area contributed by atoms with Gasteiger partial charge in [-0.25, -0.2) is 0 Å². The molecule has 0 bridgehead atoms. The van der Waals surface area contributed by atoms with Crippen molar-refractivity contribution < 1.29 is 45.6 Å². The van der Waals surface area contributed by atoms with Gasteiger partial charge in [0.25, 0.3) is 20.2 Å². The van der Waals surface area contributed by atoms with E-state index in [1.54, 1.807) is 6.92 Å². The van der Waals surface area contributed by atoms with Gasteiger partial charge < -0.3 is 36.1 Å². The number of methoxy groups -OCH3 is 2. The zero-order valence-corrected chi connectivity index (χ0v) is 28.1. The zero-order chi connectivity index (χ0) is 36.1. The molecule has 4 aromatic rings. The SMILES string of the molecule is COc1nc(NCC(C)O)nc(-c2ccc(C=Cc3c(N)cc(-c4nc(NCC(C)O)nc(OC)n4)cc3S(=O)(=O)O)c(S(=O)(=O)O)c2)n1. The molecule has 0 aliphatic carbocycles. The Labute approximate surface area is 280 Å². The Morgan fingerprint density at radius 3 is 1.69 bits per heavy atom. The first-order valence-electron chi connectivity index (χ1n) is 14.1. The molecule has 4 rings (SSSR count). The van der Waals surface area contributed by atoms with Crippen LogP contribution in [0, 0.1) is 0 Å². The number of hydrogen-bond acceptors (Lipinski definition) is 17. The highest BCUT2D eigenvalue weighted by atomic mass is 32.2. The van der Waals surface area contributed by atoms with E-state index < -0.39 is 42.2 Å². The molecule has 2 heterocycles. The number of nitrogens with zero attached hydrogens (tertiary/aromatic N) is 6. The lowest BCUT2D eigenvalue weighted by Crippen LogP contribution is -2.17. The third kappa shape index (κ3) is 9.52. The standard InChI is InChI=1S/C28H33N9O10S2/c1-14(38)12-30-25-32-23(34-27(36-25)46-3)17-6-5-16(21(10-17)48(40,41)42)7-8-19-20(29)9-18(11-22(19)49(43,44)45)24-33-26(31-13-15(2)39)37-28(35-24)47-4/h5-11,14-15,38-39H,12-13,29H2,1-4H3,(H,40,41,42)(H,43,44,45)(H,30,32,34,36)(H,31,33,35,37). The maximum Gasteiger partial charge on any atom is 0.321 e. The molecule has 0 saturated heterocycles. The highest BCUT2D eigenvalue weighted by Crippen LogP contribution is 2.32. The van der Waals surface area contributed by atoms with E-state index in [2.05, 4.69) is 40.5 Å². The Morgan fingerprint density at radius 1 is 0.735 bits per heavy atom. The smallest absolute Gasteiger partial charge is 0.321 e. The van der Waals surface area contributed by atoms with Crippen molar-refractivity contribution >= 4 is 50.0 Å². The molecule has 8 N–H and O–H groups in total. The zero-order valence-electron chi connectivity index (χ0n) is 26.4. The Balaban J connectivity index is 1.79. The Hall–Kier alpha value is -5.06. The number of nitrogen functional groups attached to an aromatic ring is 1. The molecule has 0 fully saturated rings. The summed E-state index contributed by atoms with van der Waals surface area (Å²) in [5.74, 6) is -0.0917. The molecule has 2 unspecified atom stereocenters. The van der Waals surface area contributed by atoms with Crippen molar-refractivity contribution in [2.45, 2.75) is 35.8 Å². The van der Waals surface area contributed by atoms with Gasteiger partial charge in [-0.05, 0) is 37.6 Å². The predicted molar refractivity (Wildman–Crippen MR) is 177 cm³/mol. The van der Waals surface area contributed by atoms with Gasteiger partial charge in [-0.3, -0.25) is 9.11 Å². The van der Waals surface area contributed by atoms with Gasteiger partial charge in [0.1, 0.15) is 9.79 Å². The fourth-order valence-corrected chi connectivity index (χ4v) is 5.62. The number of ether oxygens (including phenoxy) is 2. The summed E-state index contributed by atoms with van der Waals surface area (Å²) in [4.78, 5) is 23.5. The van der Waals surface area contributed by atoms with Crippen LogP contribution in [0.5, 0.6) is 12.0 Å². The van der Waals surface area contributed by atoms with Gasteiger partial charge in [0, 0.05) is 35.5 Å². The summed E-state index contributed by atoms with van der Waals surface area (Å²) in [7, 11) is -7.23. The number of anilines is 3. The Morgan fingerprint density at radius 2 is 1.22 bits per heavy atom. The fourth-order valence-electron chi connectivity index (χ4n) is 4.17. The van der Waals surface area contributed by atoms with Crippen LogP contribution in [0.2, 0.25) is 0 Å². The number of aromatic nitrogens is 6. The molecule has 2 aromatic heterocycles. The second-order valence-electron chi connectivity index (χ2n) is 10.4. The van der Waals surface area contributed by atoms with Gasteiger partial charge in [0.2, 0.25) is 11.9 Å². The van der Waals surface area contributed by atoms with Crippen LogP contribution in [-0.2, 0) is 20.2 Å². The first kappa shape index (κ1) is 36.8. The lowest BCUT2D eigenvalue weighted by molar-refractivity contribution is 0.207. The van der Waals surface area contributed by atoms with Gasteiger partial charge in [0.05, 0.1) is 26.4 Å². The molecule has 0 amide bonds. The first-order valence-corrected chi connectivity index (χ1v) is 17.0. The van der Waals surface area contributed by atoms with E-state index in [0.717, 1.165) is 18.2 Å². The molecule has 0 aliphatic heterocycles. The summed E-state index contributed by atoms with van der Waals surface area (Å²) in [5, 5.41) is 24.8. The van der Waals surface area contributed by atoms with Gasteiger partial charge in [0.15, 0.2) is 11.6 Å². The van der Waals surface area contributed by atoms with Crippen LogP contribution < -0.4 is 25.8 Å². The lowest BCUT2D eigenvalue weighted by atomic mass is 10.1. The Bertz CT molecular complexity index is 2090. The molecule has 2 aromatic carbocycles. The maximum absolute atomic E-state index is 12.5. The van der Waals surface area contributed by atoms with Crippen molar-refractivity contribution in [2.75, 3.05) is 43.7 Å². The number of rotatable bonds is 14. The predicted octanol–water partition coefficient (Wildman–Crippen LogP) is 1.24. The monoisotopic (exact) mass is 719 g/mol. The van der Waals surface area contributed by atoms with Crippen LogP contribution in [0.1, 0.15) is 25.0 Å². The molecule has 0 aliphatic rings. The van der Waals surface area contributed by atoms with Gasteiger partial charge in [-0.2, -0.15) is 46.7 Å². The summed E-state index contributed by atoms with van der Waals surface area (Å²) < 4.78 is 80.4. The quantitative estimate of drug-likeness (QED) is 0.0548. The van der Waals surface area contributed by atoms with Crippen molar-refractivity contribution in [1.29, 1.82) is 0 Å². The van der Waals surface area contributed by atoms with Crippen LogP contribution in [0.25, 0.3) is 34.9 Å². The first-order chi connectivity index (χ1) is 23.0. The third-order valence-corrected chi connectivity index (χ3v) is 8.20. The van der Waals surface area contributed by atoms with E-state index in [-0.39, 0.29) is 76.6 Å². The molecular weight excluding hydrogens is 686 g/mol. The number of nitrogens with one attached hydrogen (secondary N) is 2. The minimum Gasteiger partial charge on any atom is -0.467 e. The second-order valence-corrected chi connectivity index (χ2v) is 13.2. The number of benzene rings is 2. The van der Waals surface area contributed by atoms with Crippen molar-refractivity contribution in [3.05, 3.63) is 41.5 Å². The summed E-state index contributed by atoms with van der Waals surface area (Å²) in [5.41, 5.74) is 5.91. The largest absolute Gasteiger partial charge is 0.467 e. The van der Waals surface area contributed by atoms with Crippen molar-refractivity contribution in [1.82, 2.24) is 29.9 Å². The summed E-state index contributed by atoms with van der Waals surface area (Å²) >= 11 is 0. The fraction of sp³-hybridized carbons (Fsp3) is 0.286. The van der Waals surface area contributed by atoms with E-state index in [4.69, 9.17) is 15.2 Å². The van der Waals surface area contributed by atoms with Crippen molar-refractivity contribution in [3.63, 3.8) is 0 Å². The van der Waals surface area contributed by atoms with E-state index in [9.17, 15) is 36.2 Å². The molecule has 0 spiro atoms. The molecule has 0 saturated carbocycles. The molecule has 2 atom stereocenters. The molecule has 21 heteroatoms. The van der Waals surface area contributed by atoms with Gasteiger partial charge >= 0.3 is 12.0 Å². The number of aliphatic hydroxyl groups excluding tert-OH is 2. The van der Waals surface area contributed by atoms with Crippen LogP contribution in [0.4, 0.5) is 17.6 Å². The van der Waals surface area contributed by atoms with Crippen LogP contribution in [0.15, 0.2) is 40.1 Å². The maximum atomic E-state index is 12.5.